The number of amides is 1. The first-order chi connectivity index (χ1) is 13.3. The normalized spacial score (nSPS) is 16.8. The average Bonchev–Trinajstić information content (AvgIpc) is 2.97. The van der Waals surface area contributed by atoms with Crippen molar-refractivity contribution in [2.24, 2.45) is 0 Å². The molecule has 2 heterocycles. The number of nitrogens with one attached hydrogen (secondary N) is 1. The summed E-state index contributed by atoms with van der Waals surface area (Å²) >= 11 is 0. The predicted molar refractivity (Wildman–Crippen MR) is 98.8 cm³/mol. The Balaban J connectivity index is 0.000000370. The molecule has 2 N–H and O–H groups in total. The molecule has 1 amide bonds. The van der Waals surface area contributed by atoms with Crippen LogP contribution in [0.15, 0.2) is 24.4 Å². The Kier molecular flexibility index (Phi) is 6.34. The molecule has 1 unspecified atom stereocenters. The van der Waals surface area contributed by atoms with Gasteiger partial charge in [-0.3, -0.25) is 4.90 Å². The van der Waals surface area contributed by atoms with Gasteiger partial charge in [-0.2, -0.15) is 13.2 Å². The average molecular weight is 416 g/mol. The van der Waals surface area contributed by atoms with E-state index in [1.54, 1.807) is 4.90 Å². The lowest BCUT2D eigenvalue weighted by molar-refractivity contribution is -0.192. The first kappa shape index (κ1) is 22.4. The third-order valence-corrected chi connectivity index (χ3v) is 4.08. The third kappa shape index (κ3) is 5.55. The van der Waals surface area contributed by atoms with Crippen molar-refractivity contribution in [3.05, 3.63) is 30.0 Å². The van der Waals surface area contributed by atoms with Crippen molar-refractivity contribution in [1.29, 1.82) is 0 Å². The molecule has 1 aliphatic heterocycles. The predicted octanol–water partition coefficient (Wildman–Crippen LogP) is 4.49. The minimum atomic E-state index is -5.08. The van der Waals surface area contributed by atoms with E-state index in [1.165, 1.54) is 0 Å². The van der Waals surface area contributed by atoms with Gasteiger partial charge in [0.25, 0.3) is 0 Å². The van der Waals surface area contributed by atoms with Crippen LogP contribution in [0.25, 0.3) is 10.9 Å². The third-order valence-electron chi connectivity index (χ3n) is 4.08. The molecule has 1 aliphatic rings. The number of ether oxygens (including phenoxy) is 2. The Morgan fingerprint density at radius 3 is 2.41 bits per heavy atom. The van der Waals surface area contributed by atoms with Gasteiger partial charge in [0.05, 0.1) is 12.6 Å². The molecular weight excluding hydrogens is 393 g/mol. The van der Waals surface area contributed by atoms with Crippen LogP contribution in [-0.4, -0.2) is 52.0 Å². The SMILES string of the molecule is CC1c2c(ccc3[nH]ccc23)OCCN1C(=O)OC(C)(C)C.O=C(O)C(F)(F)F. The highest BCUT2D eigenvalue weighted by Gasteiger charge is 2.38. The summed E-state index contributed by atoms with van der Waals surface area (Å²) in [6.07, 6.45) is -3.48. The first-order valence-corrected chi connectivity index (χ1v) is 8.84. The van der Waals surface area contributed by atoms with Gasteiger partial charge < -0.3 is 19.6 Å². The lowest BCUT2D eigenvalue weighted by Crippen LogP contribution is -2.39. The van der Waals surface area contributed by atoms with Crippen LogP contribution in [-0.2, 0) is 9.53 Å². The molecule has 2 aromatic rings. The second-order valence-corrected chi connectivity index (χ2v) is 7.42. The van der Waals surface area contributed by atoms with Gasteiger partial charge in [0.15, 0.2) is 0 Å². The van der Waals surface area contributed by atoms with Crippen molar-refractivity contribution in [3.8, 4) is 5.75 Å². The number of carbonyl (C=O) groups excluding carboxylic acids is 1. The molecule has 0 radical (unpaired) electrons. The molecule has 1 aromatic carbocycles. The minimum absolute atomic E-state index is 0.105. The maximum absolute atomic E-state index is 12.5. The van der Waals surface area contributed by atoms with Crippen molar-refractivity contribution in [2.45, 2.75) is 45.5 Å². The number of nitrogens with zero attached hydrogens (tertiary/aromatic N) is 1. The second-order valence-electron chi connectivity index (χ2n) is 7.42. The Hall–Kier alpha value is -2.91. The van der Waals surface area contributed by atoms with E-state index in [0.29, 0.717) is 13.2 Å². The quantitative estimate of drug-likeness (QED) is 0.660. The van der Waals surface area contributed by atoms with Crippen LogP contribution in [0.3, 0.4) is 0 Å². The summed E-state index contributed by atoms with van der Waals surface area (Å²) in [7, 11) is 0. The molecule has 3 rings (SSSR count). The molecule has 7 nitrogen and oxygen atoms in total. The molecule has 0 saturated heterocycles. The van der Waals surface area contributed by atoms with Crippen LogP contribution in [0, 0.1) is 0 Å². The Morgan fingerprint density at radius 1 is 1.24 bits per heavy atom. The fourth-order valence-corrected chi connectivity index (χ4v) is 2.87. The largest absolute Gasteiger partial charge is 0.491 e. The number of rotatable bonds is 0. The fourth-order valence-electron chi connectivity index (χ4n) is 2.87. The van der Waals surface area contributed by atoms with Crippen molar-refractivity contribution >= 4 is 23.0 Å². The van der Waals surface area contributed by atoms with E-state index in [-0.39, 0.29) is 12.1 Å². The van der Waals surface area contributed by atoms with E-state index < -0.39 is 17.7 Å². The highest BCUT2D eigenvalue weighted by atomic mass is 19.4. The number of carbonyl (C=O) groups is 2. The van der Waals surface area contributed by atoms with Gasteiger partial charge in [-0.1, -0.05) is 0 Å². The number of aromatic amines is 1. The summed E-state index contributed by atoms with van der Waals surface area (Å²) in [5.41, 5.74) is 1.56. The molecule has 0 bridgehead atoms. The van der Waals surface area contributed by atoms with Crippen molar-refractivity contribution in [3.63, 3.8) is 0 Å². The number of halogens is 3. The summed E-state index contributed by atoms with van der Waals surface area (Å²) in [6, 6.07) is 5.88. The number of hydrogen-bond acceptors (Lipinski definition) is 4. The molecule has 0 aliphatic carbocycles. The Morgan fingerprint density at radius 2 is 1.86 bits per heavy atom. The lowest BCUT2D eigenvalue weighted by atomic mass is 10.0. The van der Waals surface area contributed by atoms with Crippen LogP contribution < -0.4 is 4.74 Å². The van der Waals surface area contributed by atoms with Crippen molar-refractivity contribution in [1.82, 2.24) is 9.88 Å². The number of H-pyrrole nitrogens is 1. The molecule has 0 saturated carbocycles. The van der Waals surface area contributed by atoms with Crippen LogP contribution in [0.2, 0.25) is 0 Å². The summed E-state index contributed by atoms with van der Waals surface area (Å²) < 4.78 is 43.1. The lowest BCUT2D eigenvalue weighted by Gasteiger charge is -2.30. The van der Waals surface area contributed by atoms with Gasteiger partial charge in [0.1, 0.15) is 18.0 Å². The number of carboxylic acids is 1. The van der Waals surface area contributed by atoms with Gasteiger partial charge >= 0.3 is 18.2 Å². The van der Waals surface area contributed by atoms with E-state index in [0.717, 1.165) is 22.2 Å². The zero-order valence-corrected chi connectivity index (χ0v) is 16.5. The number of hydrogen-bond donors (Lipinski definition) is 2. The molecule has 1 atom stereocenters. The van der Waals surface area contributed by atoms with Crippen LogP contribution in [0.1, 0.15) is 39.3 Å². The second kappa shape index (κ2) is 8.22. The van der Waals surface area contributed by atoms with Gasteiger partial charge in [-0.25, -0.2) is 9.59 Å². The summed E-state index contributed by atoms with van der Waals surface area (Å²) in [5, 5.41) is 8.21. The topological polar surface area (TPSA) is 91.9 Å². The zero-order valence-electron chi connectivity index (χ0n) is 16.5. The van der Waals surface area contributed by atoms with Gasteiger partial charge in [0, 0.05) is 22.7 Å². The minimum Gasteiger partial charge on any atom is -0.491 e. The number of fused-ring (bicyclic) bond motifs is 3. The Bertz CT molecular complexity index is 886. The molecule has 0 fully saturated rings. The number of aromatic nitrogens is 1. The highest BCUT2D eigenvalue weighted by Crippen LogP contribution is 2.37. The Labute approximate surface area is 165 Å². The number of benzene rings is 1. The van der Waals surface area contributed by atoms with Crippen LogP contribution in [0.4, 0.5) is 18.0 Å². The van der Waals surface area contributed by atoms with Gasteiger partial charge in [-0.05, 0) is 45.9 Å². The molecular formula is C19H23F3N2O5. The summed E-state index contributed by atoms with van der Waals surface area (Å²) in [5.74, 6) is -1.92. The van der Waals surface area contributed by atoms with E-state index in [4.69, 9.17) is 19.4 Å². The van der Waals surface area contributed by atoms with Crippen LogP contribution in [0.5, 0.6) is 5.75 Å². The first-order valence-electron chi connectivity index (χ1n) is 8.84. The molecule has 1 aromatic heterocycles. The van der Waals surface area contributed by atoms with E-state index in [9.17, 15) is 18.0 Å². The maximum Gasteiger partial charge on any atom is 0.490 e. The van der Waals surface area contributed by atoms with Crippen molar-refractivity contribution in [2.75, 3.05) is 13.2 Å². The van der Waals surface area contributed by atoms with Gasteiger partial charge in [0.2, 0.25) is 0 Å². The number of carboxylic acid groups (broad SMARTS) is 1. The van der Waals surface area contributed by atoms with E-state index >= 15 is 0 Å². The maximum atomic E-state index is 12.5. The highest BCUT2D eigenvalue weighted by molar-refractivity contribution is 5.86. The summed E-state index contributed by atoms with van der Waals surface area (Å²) in [4.78, 5) is 26.3. The fraction of sp³-hybridized carbons (Fsp3) is 0.474. The van der Waals surface area contributed by atoms with E-state index in [1.807, 2.05) is 52.1 Å². The van der Waals surface area contributed by atoms with E-state index in [2.05, 4.69) is 4.98 Å². The molecule has 0 spiro atoms. The zero-order chi connectivity index (χ0) is 22.0. The summed E-state index contributed by atoms with van der Waals surface area (Å²) in [6.45, 7) is 8.62. The van der Waals surface area contributed by atoms with Crippen LogP contribution >= 0.6 is 0 Å². The van der Waals surface area contributed by atoms with Crippen molar-refractivity contribution < 1.29 is 37.3 Å². The monoisotopic (exact) mass is 416 g/mol. The molecule has 160 valence electrons. The standard InChI is InChI=1S/C17H22N2O3.C2HF3O2/c1-11-15-12-7-8-18-13(12)5-6-14(15)21-10-9-19(11)16(20)22-17(2,3)4;3-2(4,5)1(6)7/h5-8,11,18H,9-10H2,1-4H3;(H,6,7). The number of aliphatic carboxylic acids is 1. The van der Waals surface area contributed by atoms with Gasteiger partial charge in [-0.15, -0.1) is 0 Å². The smallest absolute Gasteiger partial charge is 0.490 e. The molecule has 10 heteroatoms. The molecule has 29 heavy (non-hydrogen) atoms. The number of alkyl halides is 3.